The lowest BCUT2D eigenvalue weighted by atomic mass is 10.0. The van der Waals surface area contributed by atoms with Crippen molar-refractivity contribution in [1.29, 1.82) is 0 Å². The number of fused-ring (bicyclic) bond motifs is 2. The molecule has 0 aromatic carbocycles. The predicted molar refractivity (Wildman–Crippen MR) is 183 cm³/mol. The van der Waals surface area contributed by atoms with E-state index in [2.05, 4.69) is 42.8 Å². The summed E-state index contributed by atoms with van der Waals surface area (Å²) in [5, 5.41) is 0.428. The minimum Gasteiger partial charge on any atom is -0.724 e. The van der Waals surface area contributed by atoms with Gasteiger partial charge in [-0.1, -0.05) is 53.4 Å². The van der Waals surface area contributed by atoms with Gasteiger partial charge in [-0.05, 0) is 65.7 Å². The van der Waals surface area contributed by atoms with Crippen molar-refractivity contribution in [2.75, 3.05) is 32.7 Å². The van der Waals surface area contributed by atoms with Crippen LogP contribution in [0.4, 0.5) is 9.59 Å². The Morgan fingerprint density at radius 1 is 0.820 bits per heavy atom. The zero-order valence-electron chi connectivity index (χ0n) is 31.0. The van der Waals surface area contributed by atoms with Crippen molar-refractivity contribution in [3.63, 3.8) is 0 Å². The van der Waals surface area contributed by atoms with E-state index >= 15 is 0 Å². The molecule has 50 heavy (non-hydrogen) atoms. The van der Waals surface area contributed by atoms with Crippen molar-refractivity contribution in [3.05, 3.63) is 0 Å². The molecule has 0 aromatic rings. The van der Waals surface area contributed by atoms with Crippen LogP contribution in [-0.4, -0.2) is 119 Å². The molecule has 3 heterocycles. The van der Waals surface area contributed by atoms with Crippen LogP contribution in [0.3, 0.4) is 0 Å². The van der Waals surface area contributed by atoms with Crippen LogP contribution in [0.25, 0.3) is 0 Å². The number of likely N-dealkylation sites (tertiary alicyclic amines) is 1. The zero-order chi connectivity index (χ0) is 37.7. The molecule has 3 atom stereocenters. The number of unbranched alkanes of at least 4 members (excludes halogenated alkanes) is 4. The van der Waals surface area contributed by atoms with Crippen LogP contribution in [0.1, 0.15) is 126 Å². The van der Waals surface area contributed by atoms with Crippen LogP contribution in [0, 0.1) is 0 Å². The van der Waals surface area contributed by atoms with Crippen molar-refractivity contribution in [3.8, 4) is 0 Å². The van der Waals surface area contributed by atoms with Gasteiger partial charge in [0, 0.05) is 13.0 Å². The largest absolute Gasteiger partial charge is 0.724 e. The number of rotatable bonds is 16. The van der Waals surface area contributed by atoms with Crippen LogP contribution in [-0.2, 0) is 33.8 Å². The van der Waals surface area contributed by atoms with Gasteiger partial charge in [-0.15, -0.1) is 0 Å². The van der Waals surface area contributed by atoms with E-state index in [9.17, 15) is 36.9 Å². The Balaban J connectivity index is 0.000000432. The van der Waals surface area contributed by atoms with Gasteiger partial charge in [0.2, 0.25) is 16.3 Å². The second-order valence-electron chi connectivity index (χ2n) is 14.4. The average molecular weight is 733 g/mol. The van der Waals surface area contributed by atoms with Crippen LogP contribution < -0.4 is 10.9 Å². The number of carbonyl (C=O) groups is 5. The summed E-state index contributed by atoms with van der Waals surface area (Å²) >= 11 is 0. The maximum Gasteiger partial charge on any atom is 0.417 e. The first-order chi connectivity index (χ1) is 23.4. The molecule has 0 aromatic heterocycles. The monoisotopic (exact) mass is 732 g/mol. The third-order valence-electron chi connectivity index (χ3n) is 9.15. The second-order valence-corrected chi connectivity index (χ2v) is 15.4. The third-order valence-corrected chi connectivity index (χ3v) is 9.50. The van der Waals surface area contributed by atoms with Crippen LogP contribution >= 0.6 is 0 Å². The molecule has 288 valence electrons. The van der Waals surface area contributed by atoms with Crippen molar-refractivity contribution in [2.45, 2.75) is 149 Å². The molecule has 0 saturated carbocycles. The van der Waals surface area contributed by atoms with Crippen LogP contribution in [0.15, 0.2) is 0 Å². The summed E-state index contributed by atoms with van der Waals surface area (Å²) in [4.78, 5) is 63.6. The first-order valence-electron chi connectivity index (χ1n) is 18.2. The first-order valence-corrected chi connectivity index (χ1v) is 19.5. The lowest BCUT2D eigenvalue weighted by molar-refractivity contribution is -0.929. The Morgan fingerprint density at radius 2 is 1.30 bits per heavy atom. The summed E-state index contributed by atoms with van der Waals surface area (Å²) < 4.78 is 43.3. The number of ether oxygens (including phenoxy) is 1. The average Bonchev–Trinajstić information content (AvgIpc) is 3.54. The fraction of sp³-hybridized carbons (Fsp3) is 0.848. The number of hydrazine groups is 1. The van der Waals surface area contributed by atoms with Gasteiger partial charge in [0.05, 0.1) is 32.2 Å². The first kappa shape index (κ1) is 43.1. The molecule has 3 rings (SSSR count). The molecule has 0 unspecified atom stereocenters. The van der Waals surface area contributed by atoms with E-state index in [1.807, 2.05) is 0 Å². The standard InChI is InChI=1S/C17H25N5O10S.C16H36N/c1-17(2,3)31-16(27)21-11(6-7-12(21)23)14(25)19-18-13(24)10-5-4-9-8-20(10)15(26)22(9)32-33(28,29)30;1-5-9-13-17(14-10-6-2,15-11-7-3)16-12-8-4/h9-11H,4-8H2,1-3H3,(H,18,24)(H,19,25)(H,28,29,30);5-16H2,1-4H3/q;+1/p-1/t9-,10+,11-;/m1./s1. The predicted octanol–water partition coefficient (Wildman–Crippen LogP) is 3.72. The molecule has 0 radical (unpaired) electrons. The number of urea groups is 1. The number of quaternary nitrogens is 1. The number of hydrogen-bond donors (Lipinski definition) is 2. The molecule has 3 saturated heterocycles. The number of nitrogens with zero attached hydrogens (tertiary/aromatic N) is 4. The summed E-state index contributed by atoms with van der Waals surface area (Å²) in [5.41, 5.74) is 3.41. The number of amides is 6. The van der Waals surface area contributed by atoms with Gasteiger partial charge in [-0.25, -0.2) is 22.9 Å². The number of piperidine rings is 1. The molecule has 2 bridgehead atoms. The summed E-state index contributed by atoms with van der Waals surface area (Å²) in [7, 11) is -5.18. The highest BCUT2D eigenvalue weighted by atomic mass is 32.3. The van der Waals surface area contributed by atoms with Crippen molar-refractivity contribution in [1.82, 2.24) is 25.7 Å². The van der Waals surface area contributed by atoms with E-state index in [-0.39, 0.29) is 32.2 Å². The summed E-state index contributed by atoms with van der Waals surface area (Å²) in [6.45, 7) is 19.8. The molecule has 3 fully saturated rings. The molecule has 0 spiro atoms. The van der Waals surface area contributed by atoms with Gasteiger partial charge in [0.1, 0.15) is 17.7 Å². The van der Waals surface area contributed by atoms with Crippen molar-refractivity contribution < 1.29 is 50.4 Å². The Morgan fingerprint density at radius 3 is 1.74 bits per heavy atom. The number of nitrogens with one attached hydrogen (secondary N) is 2. The van der Waals surface area contributed by atoms with E-state index in [1.165, 1.54) is 82.0 Å². The molecular formula is C33H60N6O10S. The van der Waals surface area contributed by atoms with Gasteiger partial charge in [-0.3, -0.25) is 25.2 Å². The molecule has 3 aliphatic heterocycles. The van der Waals surface area contributed by atoms with Gasteiger partial charge in [0.15, 0.2) is 0 Å². The maximum atomic E-state index is 12.6. The minimum atomic E-state index is -5.18. The van der Waals surface area contributed by atoms with E-state index in [1.54, 1.807) is 20.8 Å². The maximum absolute atomic E-state index is 12.6. The van der Waals surface area contributed by atoms with Gasteiger partial charge in [0.25, 0.3) is 11.8 Å². The molecule has 6 amide bonds. The Kier molecular flexibility index (Phi) is 16.9. The third kappa shape index (κ3) is 12.9. The molecule has 2 N–H and O–H groups in total. The SMILES string of the molecule is CC(C)(C)OC(=O)N1C(=O)CC[C@@H]1C(=O)NNC(=O)[C@@H]1CC[C@@H]2CN1C(=O)N2OS(=O)(=O)[O-].CCCC[N+](CCCC)(CCCC)CCCC. The van der Waals surface area contributed by atoms with Crippen molar-refractivity contribution in [2.24, 2.45) is 0 Å². The fourth-order valence-corrected chi connectivity index (χ4v) is 6.89. The van der Waals surface area contributed by atoms with Gasteiger partial charge < -0.3 is 18.7 Å². The fourth-order valence-electron chi connectivity index (χ4n) is 6.51. The quantitative estimate of drug-likeness (QED) is 0.102. The van der Waals surface area contributed by atoms with Crippen molar-refractivity contribution >= 4 is 40.2 Å². The molecular weight excluding hydrogens is 672 g/mol. The zero-order valence-corrected chi connectivity index (χ0v) is 31.8. The van der Waals surface area contributed by atoms with Crippen LogP contribution in [0.5, 0.6) is 0 Å². The Hall–Kier alpha value is -3.02. The molecule has 17 heteroatoms. The number of carbonyl (C=O) groups excluding carboxylic acids is 5. The Bertz CT molecular complexity index is 1240. The topological polar surface area (TPSA) is 195 Å². The lowest BCUT2D eigenvalue weighted by Gasteiger charge is -2.39. The summed E-state index contributed by atoms with van der Waals surface area (Å²) in [5.74, 6) is -2.20. The highest BCUT2D eigenvalue weighted by Gasteiger charge is 2.49. The van der Waals surface area contributed by atoms with E-state index < -0.39 is 64.0 Å². The number of hydroxylamine groups is 2. The summed E-state index contributed by atoms with van der Waals surface area (Å²) in [6.07, 6.45) is 10.3. The number of imide groups is 1. The van der Waals surface area contributed by atoms with E-state index in [4.69, 9.17) is 4.74 Å². The van der Waals surface area contributed by atoms with E-state index in [0.717, 1.165) is 4.90 Å². The molecule has 0 aliphatic carbocycles. The van der Waals surface area contributed by atoms with Crippen LogP contribution in [0.2, 0.25) is 0 Å². The number of hydrogen-bond acceptors (Lipinski definition) is 10. The van der Waals surface area contributed by atoms with E-state index in [0.29, 0.717) is 9.96 Å². The summed E-state index contributed by atoms with van der Waals surface area (Å²) in [6, 6.07) is -3.94. The molecule has 16 nitrogen and oxygen atoms in total. The lowest BCUT2D eigenvalue weighted by Crippen LogP contribution is -2.57. The highest BCUT2D eigenvalue weighted by Crippen LogP contribution is 2.31. The van der Waals surface area contributed by atoms with Gasteiger partial charge >= 0.3 is 12.1 Å². The smallest absolute Gasteiger partial charge is 0.417 e. The molecule has 3 aliphatic rings. The minimum absolute atomic E-state index is 0.0332. The second kappa shape index (κ2) is 19.6. The Labute approximate surface area is 298 Å². The normalized spacial score (nSPS) is 20.8. The highest BCUT2D eigenvalue weighted by molar-refractivity contribution is 7.80. The van der Waals surface area contributed by atoms with Gasteiger partial charge in [-0.2, -0.15) is 9.35 Å².